The first kappa shape index (κ1) is 18.4. The summed E-state index contributed by atoms with van der Waals surface area (Å²) < 4.78 is 5.01. The molecule has 2 aromatic rings. The van der Waals surface area contributed by atoms with Gasteiger partial charge in [0.15, 0.2) is 12.3 Å². The molecule has 1 fully saturated rings. The molecule has 1 amide bonds. The Hall–Kier alpha value is -2.43. The average molecular weight is 390 g/mol. The number of aromatic nitrogens is 1. The van der Waals surface area contributed by atoms with Crippen LogP contribution in [0.1, 0.15) is 30.3 Å². The smallest absolute Gasteiger partial charge is 0.358 e. The van der Waals surface area contributed by atoms with Crippen LogP contribution in [-0.4, -0.2) is 29.0 Å². The van der Waals surface area contributed by atoms with Gasteiger partial charge >= 0.3 is 5.97 Å². The normalized spacial score (nSPS) is 15.6. The highest BCUT2D eigenvalue weighted by molar-refractivity contribution is 7.13. The highest BCUT2D eigenvalue weighted by atomic mass is 35.5. The van der Waals surface area contributed by atoms with Crippen LogP contribution in [0.15, 0.2) is 29.6 Å². The second-order valence-electron chi connectivity index (χ2n) is 6.26. The second kappa shape index (κ2) is 7.44. The Labute approximate surface area is 159 Å². The van der Waals surface area contributed by atoms with Crippen LogP contribution in [0.5, 0.6) is 0 Å². The van der Waals surface area contributed by atoms with E-state index in [1.54, 1.807) is 30.5 Å². The van der Waals surface area contributed by atoms with E-state index in [1.807, 2.05) is 6.07 Å². The molecule has 1 heterocycles. The predicted octanol–water partition coefficient (Wildman–Crippen LogP) is 3.43. The fourth-order valence-electron chi connectivity index (χ4n) is 2.53. The number of rotatable bonds is 6. The molecule has 0 unspecified atom stereocenters. The number of carbonyl (C=O) groups excluding carboxylic acids is 2. The van der Waals surface area contributed by atoms with Crippen molar-refractivity contribution in [1.82, 2.24) is 10.3 Å². The number of thiazole rings is 1. The van der Waals surface area contributed by atoms with Gasteiger partial charge in [-0.25, -0.2) is 9.78 Å². The van der Waals surface area contributed by atoms with Crippen molar-refractivity contribution in [3.05, 3.63) is 40.4 Å². The summed E-state index contributed by atoms with van der Waals surface area (Å²) in [6.07, 6.45) is 1.82. The van der Waals surface area contributed by atoms with Gasteiger partial charge < -0.3 is 10.1 Å². The third-order valence-corrected chi connectivity index (χ3v) is 5.27. The van der Waals surface area contributed by atoms with Gasteiger partial charge in [0.25, 0.3) is 5.91 Å². The van der Waals surface area contributed by atoms with Crippen LogP contribution in [0, 0.1) is 17.2 Å². The highest BCUT2D eigenvalue weighted by Gasteiger charge is 2.43. The molecular formula is C18H16ClN3O3S. The number of ether oxygens (including phenoxy) is 1. The number of nitriles is 1. The molecule has 0 saturated heterocycles. The molecule has 0 spiro atoms. The summed E-state index contributed by atoms with van der Waals surface area (Å²) in [5.41, 5.74) is 0.0145. The standard InChI is InChI=1S/C18H16ClN3O3S/c1-18(10-20,12-5-6-12)22-15(23)8-25-17(24)14-9-26-16(21-14)11-3-2-4-13(19)7-11/h2-4,7,9,12H,5-6,8H2,1H3,(H,22,23)/t18-/m0/s1. The number of carbonyl (C=O) groups is 2. The van der Waals surface area contributed by atoms with Gasteiger partial charge in [-0.3, -0.25) is 4.79 Å². The number of halogens is 1. The van der Waals surface area contributed by atoms with E-state index < -0.39 is 24.0 Å². The molecule has 1 atom stereocenters. The van der Waals surface area contributed by atoms with Crippen molar-refractivity contribution < 1.29 is 14.3 Å². The molecule has 0 bridgehead atoms. The van der Waals surface area contributed by atoms with E-state index in [0.717, 1.165) is 18.4 Å². The van der Waals surface area contributed by atoms with Crippen LogP contribution in [0.25, 0.3) is 10.6 Å². The minimum absolute atomic E-state index is 0.128. The predicted molar refractivity (Wildman–Crippen MR) is 97.7 cm³/mol. The Balaban J connectivity index is 1.57. The van der Waals surface area contributed by atoms with Crippen molar-refractivity contribution >= 4 is 34.8 Å². The number of nitrogens with one attached hydrogen (secondary N) is 1. The molecule has 0 radical (unpaired) electrons. The maximum absolute atomic E-state index is 12.1. The van der Waals surface area contributed by atoms with E-state index in [9.17, 15) is 14.9 Å². The Kier molecular flexibility index (Phi) is 5.25. The number of benzene rings is 1. The molecule has 134 valence electrons. The summed E-state index contributed by atoms with van der Waals surface area (Å²) in [7, 11) is 0. The quantitative estimate of drug-likeness (QED) is 0.764. The zero-order chi connectivity index (χ0) is 18.7. The zero-order valence-electron chi connectivity index (χ0n) is 14.0. The molecule has 1 aliphatic carbocycles. The van der Waals surface area contributed by atoms with Gasteiger partial charge in [-0.15, -0.1) is 11.3 Å². The first-order valence-electron chi connectivity index (χ1n) is 8.02. The van der Waals surface area contributed by atoms with E-state index in [4.69, 9.17) is 16.3 Å². The summed E-state index contributed by atoms with van der Waals surface area (Å²) in [6, 6.07) is 9.27. The highest BCUT2D eigenvalue weighted by Crippen LogP contribution is 2.39. The minimum atomic E-state index is -0.913. The molecule has 0 aliphatic heterocycles. The van der Waals surface area contributed by atoms with Gasteiger partial charge in [0.2, 0.25) is 0 Å². The summed E-state index contributed by atoms with van der Waals surface area (Å²) >= 11 is 7.24. The topological polar surface area (TPSA) is 92.1 Å². The van der Waals surface area contributed by atoms with Gasteiger partial charge in [-0.1, -0.05) is 23.7 Å². The first-order chi connectivity index (χ1) is 12.4. The van der Waals surface area contributed by atoms with Crippen molar-refractivity contribution in [3.8, 4) is 16.6 Å². The van der Waals surface area contributed by atoms with Gasteiger partial charge in [-0.05, 0) is 37.8 Å². The maximum Gasteiger partial charge on any atom is 0.358 e. The lowest BCUT2D eigenvalue weighted by Gasteiger charge is -2.22. The number of amides is 1. The molecule has 26 heavy (non-hydrogen) atoms. The maximum atomic E-state index is 12.1. The number of hydrogen-bond donors (Lipinski definition) is 1. The molecule has 1 aromatic carbocycles. The molecule has 3 rings (SSSR count). The van der Waals surface area contributed by atoms with Crippen LogP contribution in [0.3, 0.4) is 0 Å². The molecule has 1 saturated carbocycles. The molecule has 1 N–H and O–H groups in total. The van der Waals surface area contributed by atoms with E-state index in [1.165, 1.54) is 11.3 Å². The summed E-state index contributed by atoms with van der Waals surface area (Å²) in [5, 5.41) is 14.7. The van der Waals surface area contributed by atoms with Crippen LogP contribution in [-0.2, 0) is 9.53 Å². The van der Waals surface area contributed by atoms with Crippen molar-refractivity contribution in [3.63, 3.8) is 0 Å². The number of hydrogen-bond acceptors (Lipinski definition) is 6. The SMILES string of the molecule is C[C@@](C#N)(NC(=O)COC(=O)c1csc(-c2cccc(Cl)c2)n1)C1CC1. The Morgan fingerprint density at radius 1 is 1.50 bits per heavy atom. The van der Waals surface area contributed by atoms with Crippen LogP contribution < -0.4 is 5.32 Å². The van der Waals surface area contributed by atoms with Crippen molar-refractivity contribution in [2.24, 2.45) is 5.92 Å². The zero-order valence-corrected chi connectivity index (χ0v) is 15.6. The molecule has 1 aliphatic rings. The average Bonchev–Trinajstić information content (AvgIpc) is 3.37. The van der Waals surface area contributed by atoms with Gasteiger partial charge in [-0.2, -0.15) is 5.26 Å². The molecular weight excluding hydrogens is 374 g/mol. The van der Waals surface area contributed by atoms with Crippen LogP contribution in [0.2, 0.25) is 5.02 Å². The Morgan fingerprint density at radius 3 is 2.92 bits per heavy atom. The Bertz CT molecular complexity index is 888. The first-order valence-corrected chi connectivity index (χ1v) is 9.28. The lowest BCUT2D eigenvalue weighted by atomic mass is 9.98. The minimum Gasteiger partial charge on any atom is -0.451 e. The van der Waals surface area contributed by atoms with E-state index in [-0.39, 0.29) is 11.6 Å². The fraction of sp³-hybridized carbons (Fsp3) is 0.333. The largest absolute Gasteiger partial charge is 0.451 e. The third kappa shape index (κ3) is 4.21. The van der Waals surface area contributed by atoms with Gasteiger partial charge in [0.1, 0.15) is 10.5 Å². The van der Waals surface area contributed by atoms with Gasteiger partial charge in [0.05, 0.1) is 6.07 Å². The fourth-order valence-corrected chi connectivity index (χ4v) is 3.51. The summed E-state index contributed by atoms with van der Waals surface area (Å²) in [5.74, 6) is -1.03. The molecule has 1 aromatic heterocycles. The lowest BCUT2D eigenvalue weighted by molar-refractivity contribution is -0.125. The summed E-state index contributed by atoms with van der Waals surface area (Å²) in [6.45, 7) is 1.23. The van der Waals surface area contributed by atoms with Crippen molar-refractivity contribution in [2.45, 2.75) is 25.3 Å². The number of esters is 1. The van der Waals surface area contributed by atoms with Crippen LogP contribution in [0.4, 0.5) is 0 Å². The second-order valence-corrected chi connectivity index (χ2v) is 7.56. The van der Waals surface area contributed by atoms with E-state index >= 15 is 0 Å². The van der Waals surface area contributed by atoms with Crippen molar-refractivity contribution in [2.75, 3.05) is 6.61 Å². The van der Waals surface area contributed by atoms with E-state index in [2.05, 4.69) is 16.4 Å². The van der Waals surface area contributed by atoms with Crippen molar-refractivity contribution in [1.29, 1.82) is 5.26 Å². The van der Waals surface area contributed by atoms with E-state index in [0.29, 0.717) is 10.0 Å². The molecule has 8 heteroatoms. The lowest BCUT2D eigenvalue weighted by Crippen LogP contribution is -2.48. The van der Waals surface area contributed by atoms with Crippen LogP contribution >= 0.6 is 22.9 Å². The monoisotopic (exact) mass is 389 g/mol. The summed E-state index contributed by atoms with van der Waals surface area (Å²) in [4.78, 5) is 28.3. The molecule has 6 nitrogen and oxygen atoms in total. The third-order valence-electron chi connectivity index (χ3n) is 4.14. The van der Waals surface area contributed by atoms with Gasteiger partial charge in [0, 0.05) is 16.0 Å². The number of nitrogens with zero attached hydrogens (tertiary/aromatic N) is 2. The Morgan fingerprint density at radius 2 is 2.27 bits per heavy atom.